The molecule has 1 aromatic carbocycles. The molecule has 2 atom stereocenters. The van der Waals surface area contributed by atoms with Gasteiger partial charge in [-0.25, -0.2) is 0 Å². The van der Waals surface area contributed by atoms with Gasteiger partial charge in [0, 0.05) is 12.1 Å². The number of methoxy groups -OCH3 is 1. The molecule has 3 nitrogen and oxygen atoms in total. The summed E-state index contributed by atoms with van der Waals surface area (Å²) in [5, 5.41) is 3.32. The summed E-state index contributed by atoms with van der Waals surface area (Å²) in [6.45, 7) is 2.04. The van der Waals surface area contributed by atoms with E-state index in [1.165, 1.54) is 5.56 Å². The van der Waals surface area contributed by atoms with Crippen molar-refractivity contribution in [2.75, 3.05) is 14.2 Å². The van der Waals surface area contributed by atoms with Gasteiger partial charge in [0.2, 0.25) is 0 Å². The van der Waals surface area contributed by atoms with Crippen LogP contribution in [0.2, 0.25) is 0 Å². The molecule has 4 heteroatoms. The van der Waals surface area contributed by atoms with Crippen LogP contribution in [0.1, 0.15) is 31.4 Å². The van der Waals surface area contributed by atoms with Crippen LogP contribution >= 0.6 is 15.9 Å². The van der Waals surface area contributed by atoms with E-state index < -0.39 is 0 Å². The van der Waals surface area contributed by atoms with E-state index in [0.29, 0.717) is 6.04 Å². The van der Waals surface area contributed by atoms with Crippen molar-refractivity contribution in [3.05, 3.63) is 28.2 Å². The summed E-state index contributed by atoms with van der Waals surface area (Å²) in [6.07, 6.45) is 2.04. The predicted octanol–water partition coefficient (Wildman–Crippen LogP) is 2.85. The maximum atomic E-state index is 5.79. The van der Waals surface area contributed by atoms with E-state index in [2.05, 4.69) is 33.4 Å². The number of rotatable bonds is 6. The normalized spacial score (nSPS) is 14.4. The third kappa shape index (κ3) is 4.30. The fourth-order valence-electron chi connectivity index (χ4n) is 1.81. The first-order valence-electron chi connectivity index (χ1n) is 5.84. The zero-order chi connectivity index (χ0) is 12.8. The molecule has 0 saturated carbocycles. The SMILES string of the molecule is CNC(CCC(C)N)c1ccc(OC)c(Br)c1. The molecule has 0 aromatic heterocycles. The van der Waals surface area contributed by atoms with Gasteiger partial charge in [0.15, 0.2) is 0 Å². The van der Waals surface area contributed by atoms with Crippen molar-refractivity contribution >= 4 is 15.9 Å². The Morgan fingerprint density at radius 3 is 2.59 bits per heavy atom. The second-order valence-electron chi connectivity index (χ2n) is 4.29. The lowest BCUT2D eigenvalue weighted by molar-refractivity contribution is 0.411. The summed E-state index contributed by atoms with van der Waals surface area (Å²) in [4.78, 5) is 0. The van der Waals surface area contributed by atoms with Crippen LogP contribution in [-0.4, -0.2) is 20.2 Å². The topological polar surface area (TPSA) is 47.3 Å². The monoisotopic (exact) mass is 300 g/mol. The Bertz CT molecular complexity index is 355. The number of hydrogen-bond acceptors (Lipinski definition) is 3. The second-order valence-corrected chi connectivity index (χ2v) is 5.14. The molecule has 1 aromatic rings. The fraction of sp³-hybridized carbons (Fsp3) is 0.538. The van der Waals surface area contributed by atoms with Crippen molar-refractivity contribution in [2.24, 2.45) is 5.73 Å². The molecule has 0 aliphatic rings. The minimum atomic E-state index is 0.243. The van der Waals surface area contributed by atoms with E-state index in [9.17, 15) is 0 Å². The number of halogens is 1. The van der Waals surface area contributed by atoms with Gasteiger partial charge in [-0.05, 0) is 60.4 Å². The van der Waals surface area contributed by atoms with Crippen molar-refractivity contribution in [3.8, 4) is 5.75 Å². The molecule has 96 valence electrons. The summed E-state index contributed by atoms with van der Waals surface area (Å²) in [6, 6.07) is 6.75. The van der Waals surface area contributed by atoms with E-state index in [-0.39, 0.29) is 6.04 Å². The van der Waals surface area contributed by atoms with Gasteiger partial charge in [0.05, 0.1) is 11.6 Å². The van der Waals surface area contributed by atoms with Gasteiger partial charge in [-0.2, -0.15) is 0 Å². The third-order valence-corrected chi connectivity index (χ3v) is 3.46. The summed E-state index contributed by atoms with van der Waals surface area (Å²) < 4.78 is 6.21. The van der Waals surface area contributed by atoms with Gasteiger partial charge < -0.3 is 15.8 Å². The predicted molar refractivity (Wildman–Crippen MR) is 75.4 cm³/mol. The lowest BCUT2D eigenvalue weighted by atomic mass is 10.00. The lowest BCUT2D eigenvalue weighted by Crippen LogP contribution is -2.21. The quantitative estimate of drug-likeness (QED) is 0.849. The molecule has 0 fully saturated rings. The molecular formula is C13H21BrN2O. The van der Waals surface area contributed by atoms with Gasteiger partial charge in [0.25, 0.3) is 0 Å². The van der Waals surface area contributed by atoms with E-state index in [1.54, 1.807) is 7.11 Å². The highest BCUT2D eigenvalue weighted by Crippen LogP contribution is 2.29. The Kier molecular flexibility index (Phi) is 5.95. The number of nitrogens with two attached hydrogens (primary N) is 1. The maximum Gasteiger partial charge on any atom is 0.133 e. The average molecular weight is 301 g/mol. The van der Waals surface area contributed by atoms with E-state index in [1.807, 2.05) is 20.0 Å². The van der Waals surface area contributed by atoms with Gasteiger partial charge in [-0.3, -0.25) is 0 Å². The summed E-state index contributed by atoms with van der Waals surface area (Å²) in [5.41, 5.74) is 7.04. The highest BCUT2D eigenvalue weighted by atomic mass is 79.9. The molecule has 17 heavy (non-hydrogen) atoms. The largest absolute Gasteiger partial charge is 0.496 e. The number of nitrogens with one attached hydrogen (secondary N) is 1. The van der Waals surface area contributed by atoms with Crippen molar-refractivity contribution in [1.82, 2.24) is 5.32 Å². The molecule has 0 saturated heterocycles. The zero-order valence-electron chi connectivity index (χ0n) is 10.7. The molecule has 0 radical (unpaired) electrons. The first-order valence-corrected chi connectivity index (χ1v) is 6.64. The maximum absolute atomic E-state index is 5.79. The number of hydrogen-bond donors (Lipinski definition) is 2. The fourth-order valence-corrected chi connectivity index (χ4v) is 2.36. The van der Waals surface area contributed by atoms with E-state index in [0.717, 1.165) is 23.1 Å². The van der Waals surface area contributed by atoms with Gasteiger partial charge in [0.1, 0.15) is 5.75 Å². The standard InChI is InChI=1S/C13H21BrN2O/c1-9(15)4-6-12(16-2)10-5-7-13(17-3)11(14)8-10/h5,7-9,12,16H,4,6,15H2,1-3H3. The number of benzene rings is 1. The Morgan fingerprint density at radius 1 is 1.41 bits per heavy atom. The van der Waals surface area contributed by atoms with Crippen LogP contribution in [0.4, 0.5) is 0 Å². The molecule has 0 amide bonds. The Morgan fingerprint density at radius 2 is 2.12 bits per heavy atom. The van der Waals surface area contributed by atoms with Crippen LogP contribution in [-0.2, 0) is 0 Å². The van der Waals surface area contributed by atoms with Gasteiger partial charge >= 0.3 is 0 Å². The first kappa shape index (κ1) is 14.5. The van der Waals surface area contributed by atoms with Crippen LogP contribution in [0, 0.1) is 0 Å². The van der Waals surface area contributed by atoms with Crippen LogP contribution < -0.4 is 15.8 Å². The molecule has 0 heterocycles. The van der Waals surface area contributed by atoms with Crippen molar-refractivity contribution in [2.45, 2.75) is 31.8 Å². The third-order valence-electron chi connectivity index (χ3n) is 2.84. The summed E-state index contributed by atoms with van der Waals surface area (Å²) in [7, 11) is 3.65. The van der Waals surface area contributed by atoms with Crippen molar-refractivity contribution in [1.29, 1.82) is 0 Å². The molecule has 2 unspecified atom stereocenters. The smallest absolute Gasteiger partial charge is 0.133 e. The van der Waals surface area contributed by atoms with Crippen LogP contribution in [0.5, 0.6) is 5.75 Å². The first-order chi connectivity index (χ1) is 8.08. The van der Waals surface area contributed by atoms with Crippen molar-refractivity contribution in [3.63, 3.8) is 0 Å². The van der Waals surface area contributed by atoms with Crippen LogP contribution in [0.25, 0.3) is 0 Å². The summed E-state index contributed by atoms with van der Waals surface area (Å²) >= 11 is 3.51. The minimum Gasteiger partial charge on any atom is -0.496 e. The van der Waals surface area contributed by atoms with Crippen molar-refractivity contribution < 1.29 is 4.74 Å². The molecule has 0 spiro atoms. The van der Waals surface area contributed by atoms with Gasteiger partial charge in [-0.15, -0.1) is 0 Å². The highest BCUT2D eigenvalue weighted by molar-refractivity contribution is 9.10. The average Bonchev–Trinajstić information content (AvgIpc) is 2.29. The lowest BCUT2D eigenvalue weighted by Gasteiger charge is -2.18. The van der Waals surface area contributed by atoms with Gasteiger partial charge in [-0.1, -0.05) is 6.07 Å². The molecule has 1 rings (SSSR count). The Hall–Kier alpha value is -0.580. The minimum absolute atomic E-state index is 0.243. The molecule has 3 N–H and O–H groups in total. The number of ether oxygens (including phenoxy) is 1. The molecule has 0 bridgehead atoms. The second kappa shape index (κ2) is 6.99. The summed E-state index contributed by atoms with van der Waals surface area (Å²) in [5.74, 6) is 0.857. The molecule has 0 aliphatic carbocycles. The Labute approximate surface area is 112 Å². The van der Waals surface area contributed by atoms with Crippen LogP contribution in [0.15, 0.2) is 22.7 Å². The molecular weight excluding hydrogens is 280 g/mol. The van der Waals surface area contributed by atoms with Crippen LogP contribution in [0.3, 0.4) is 0 Å². The zero-order valence-corrected chi connectivity index (χ0v) is 12.3. The Balaban J connectivity index is 2.78. The van der Waals surface area contributed by atoms with E-state index in [4.69, 9.17) is 10.5 Å². The van der Waals surface area contributed by atoms with E-state index >= 15 is 0 Å². The highest BCUT2D eigenvalue weighted by Gasteiger charge is 2.11. The molecule has 0 aliphatic heterocycles.